The Kier molecular flexibility index (Phi) is 4.85. The smallest absolute Gasteiger partial charge is 0.306 e. The van der Waals surface area contributed by atoms with Gasteiger partial charge < -0.3 is 10.2 Å². The van der Waals surface area contributed by atoms with Crippen LogP contribution in [0.3, 0.4) is 0 Å². The van der Waals surface area contributed by atoms with Gasteiger partial charge in [0.2, 0.25) is 0 Å². The van der Waals surface area contributed by atoms with E-state index in [0.29, 0.717) is 0 Å². The summed E-state index contributed by atoms with van der Waals surface area (Å²) in [5.74, 6) is -0.961. The highest BCUT2D eigenvalue weighted by atomic mass is 16.4. The average Bonchev–Trinajstić information content (AvgIpc) is 2.04. The first-order valence-corrected chi connectivity index (χ1v) is 4.91. The highest BCUT2D eigenvalue weighted by molar-refractivity contribution is 5.67. The fourth-order valence-corrected chi connectivity index (χ4v) is 1.67. The highest BCUT2D eigenvalue weighted by Crippen LogP contribution is 2.33. The van der Waals surface area contributed by atoms with Crippen molar-refractivity contribution in [3.63, 3.8) is 0 Å². The summed E-state index contributed by atoms with van der Waals surface area (Å²) in [4.78, 5) is 10.5. The molecule has 0 aromatic carbocycles. The molecule has 3 heteroatoms. The molecule has 0 aliphatic heterocycles. The van der Waals surface area contributed by atoms with Crippen LogP contribution < -0.4 is 0 Å². The summed E-state index contributed by atoms with van der Waals surface area (Å²) in [5.41, 5.74) is 0.633. The zero-order chi connectivity index (χ0) is 11.4. The molecule has 0 fully saturated rings. The lowest BCUT2D eigenvalue weighted by molar-refractivity contribution is -0.140. The maximum absolute atomic E-state index is 10.5. The molecule has 0 spiro atoms. The van der Waals surface area contributed by atoms with Gasteiger partial charge in [-0.05, 0) is 13.3 Å². The Hall–Kier alpha value is -0.830. The van der Waals surface area contributed by atoms with E-state index in [9.17, 15) is 9.90 Å². The molecule has 3 nitrogen and oxygen atoms in total. The summed E-state index contributed by atoms with van der Waals surface area (Å²) in [6.45, 7) is 7.66. The lowest BCUT2D eigenvalue weighted by Gasteiger charge is -2.32. The van der Waals surface area contributed by atoms with Crippen molar-refractivity contribution >= 4 is 5.97 Å². The van der Waals surface area contributed by atoms with Crippen molar-refractivity contribution in [1.82, 2.24) is 0 Å². The minimum absolute atomic E-state index is 0.204. The number of carboxylic acids is 1. The van der Waals surface area contributed by atoms with E-state index in [1.165, 1.54) is 0 Å². The largest absolute Gasteiger partial charge is 0.481 e. The van der Waals surface area contributed by atoms with Gasteiger partial charge >= 0.3 is 5.97 Å². The first-order chi connectivity index (χ1) is 6.36. The third-order valence-electron chi connectivity index (χ3n) is 2.76. The SMILES string of the molecule is CC=C(CC)C(C)(C)[C@@H](O)CC(=O)O. The molecular formula is C11H20O3. The standard InChI is InChI=1S/C11H20O3/c1-5-8(6-2)11(3,4)9(12)7-10(13)14/h5,9,12H,6-7H2,1-4H3,(H,13,14)/t9-/m0/s1. The van der Waals surface area contributed by atoms with Crippen molar-refractivity contribution < 1.29 is 15.0 Å². The predicted molar refractivity (Wildman–Crippen MR) is 56.1 cm³/mol. The molecule has 0 aromatic rings. The first kappa shape index (κ1) is 13.2. The summed E-state index contributed by atoms with van der Waals surface area (Å²) in [6.07, 6.45) is 1.75. The van der Waals surface area contributed by atoms with Gasteiger partial charge in [-0.15, -0.1) is 0 Å². The number of aliphatic hydroxyl groups is 1. The van der Waals surface area contributed by atoms with E-state index in [-0.39, 0.29) is 6.42 Å². The van der Waals surface area contributed by atoms with Crippen LogP contribution in [0.5, 0.6) is 0 Å². The number of carbonyl (C=O) groups is 1. The monoisotopic (exact) mass is 200 g/mol. The number of hydrogen-bond acceptors (Lipinski definition) is 2. The maximum Gasteiger partial charge on any atom is 0.306 e. The van der Waals surface area contributed by atoms with Gasteiger partial charge in [0.15, 0.2) is 0 Å². The van der Waals surface area contributed by atoms with Gasteiger partial charge in [-0.2, -0.15) is 0 Å². The van der Waals surface area contributed by atoms with Crippen molar-refractivity contribution in [2.24, 2.45) is 5.41 Å². The molecule has 0 aromatic heterocycles. The van der Waals surface area contributed by atoms with E-state index in [4.69, 9.17) is 5.11 Å². The molecule has 14 heavy (non-hydrogen) atoms. The molecule has 0 bridgehead atoms. The third kappa shape index (κ3) is 3.14. The van der Waals surface area contributed by atoms with Crippen LogP contribution in [0, 0.1) is 5.41 Å². The summed E-state index contributed by atoms with van der Waals surface area (Å²) >= 11 is 0. The van der Waals surface area contributed by atoms with Gasteiger partial charge in [0.25, 0.3) is 0 Å². The van der Waals surface area contributed by atoms with E-state index >= 15 is 0 Å². The normalized spacial score (nSPS) is 15.4. The third-order valence-corrected chi connectivity index (χ3v) is 2.76. The zero-order valence-electron chi connectivity index (χ0n) is 9.37. The number of aliphatic carboxylic acids is 1. The topological polar surface area (TPSA) is 57.5 Å². The van der Waals surface area contributed by atoms with E-state index in [1.54, 1.807) is 0 Å². The van der Waals surface area contributed by atoms with Crippen LogP contribution in [0.2, 0.25) is 0 Å². The Bertz CT molecular complexity index is 229. The summed E-state index contributed by atoms with van der Waals surface area (Å²) in [5, 5.41) is 18.4. The van der Waals surface area contributed by atoms with Gasteiger partial charge in [0, 0.05) is 5.41 Å². The van der Waals surface area contributed by atoms with Crippen LogP contribution in [-0.4, -0.2) is 22.3 Å². The second-order valence-corrected chi connectivity index (χ2v) is 4.00. The minimum atomic E-state index is -0.961. The van der Waals surface area contributed by atoms with Gasteiger partial charge in [-0.1, -0.05) is 32.4 Å². The second-order valence-electron chi connectivity index (χ2n) is 4.00. The van der Waals surface area contributed by atoms with Crippen molar-refractivity contribution in [2.45, 2.75) is 46.6 Å². The Balaban J connectivity index is 4.66. The quantitative estimate of drug-likeness (QED) is 0.669. The van der Waals surface area contributed by atoms with E-state index in [2.05, 4.69) is 0 Å². The Morgan fingerprint density at radius 3 is 2.29 bits per heavy atom. The molecule has 0 heterocycles. The average molecular weight is 200 g/mol. The number of carboxylic acid groups (broad SMARTS) is 1. The molecule has 0 radical (unpaired) electrons. The molecule has 82 valence electrons. The Labute approximate surface area is 85.4 Å². The second kappa shape index (κ2) is 5.15. The maximum atomic E-state index is 10.5. The lowest BCUT2D eigenvalue weighted by atomic mass is 9.76. The number of hydrogen-bond donors (Lipinski definition) is 2. The van der Waals surface area contributed by atoms with Crippen LogP contribution in [-0.2, 0) is 4.79 Å². The van der Waals surface area contributed by atoms with Crippen LogP contribution in [0.1, 0.15) is 40.5 Å². The van der Waals surface area contributed by atoms with Gasteiger partial charge in [-0.25, -0.2) is 0 Å². The minimum Gasteiger partial charge on any atom is -0.481 e. The molecule has 1 atom stereocenters. The zero-order valence-corrected chi connectivity index (χ0v) is 9.37. The van der Waals surface area contributed by atoms with Crippen molar-refractivity contribution in [1.29, 1.82) is 0 Å². The number of allylic oxidation sites excluding steroid dienone is 1. The van der Waals surface area contributed by atoms with Crippen LogP contribution in [0.25, 0.3) is 0 Å². The van der Waals surface area contributed by atoms with Crippen molar-refractivity contribution in [3.05, 3.63) is 11.6 Å². The first-order valence-electron chi connectivity index (χ1n) is 4.91. The fourth-order valence-electron chi connectivity index (χ4n) is 1.67. The van der Waals surface area contributed by atoms with Gasteiger partial charge in [0.1, 0.15) is 0 Å². The van der Waals surface area contributed by atoms with E-state index < -0.39 is 17.5 Å². The van der Waals surface area contributed by atoms with Crippen LogP contribution in [0.4, 0.5) is 0 Å². The fraction of sp³-hybridized carbons (Fsp3) is 0.727. The predicted octanol–water partition coefficient (Wildman–Crippen LogP) is 2.20. The molecule has 0 aliphatic carbocycles. The molecule has 0 saturated carbocycles. The summed E-state index contributed by atoms with van der Waals surface area (Å²) in [7, 11) is 0. The lowest BCUT2D eigenvalue weighted by Crippen LogP contribution is -2.33. The Morgan fingerprint density at radius 2 is 2.00 bits per heavy atom. The molecule has 0 aliphatic rings. The van der Waals surface area contributed by atoms with E-state index in [0.717, 1.165) is 12.0 Å². The molecule has 0 unspecified atom stereocenters. The number of aliphatic hydroxyl groups excluding tert-OH is 1. The highest BCUT2D eigenvalue weighted by Gasteiger charge is 2.31. The van der Waals surface area contributed by atoms with Crippen LogP contribution in [0.15, 0.2) is 11.6 Å². The molecule has 0 amide bonds. The van der Waals surface area contributed by atoms with Crippen molar-refractivity contribution in [3.8, 4) is 0 Å². The molecular weight excluding hydrogens is 180 g/mol. The van der Waals surface area contributed by atoms with Gasteiger partial charge in [0.05, 0.1) is 12.5 Å². The number of rotatable bonds is 5. The molecule has 0 rings (SSSR count). The van der Waals surface area contributed by atoms with Crippen molar-refractivity contribution in [2.75, 3.05) is 0 Å². The molecule has 0 saturated heterocycles. The Morgan fingerprint density at radius 1 is 1.50 bits per heavy atom. The molecule has 2 N–H and O–H groups in total. The van der Waals surface area contributed by atoms with Crippen LogP contribution >= 0.6 is 0 Å². The summed E-state index contributed by atoms with van der Waals surface area (Å²) < 4.78 is 0. The van der Waals surface area contributed by atoms with E-state index in [1.807, 2.05) is 33.8 Å². The van der Waals surface area contributed by atoms with Gasteiger partial charge in [-0.3, -0.25) is 4.79 Å². The summed E-state index contributed by atoms with van der Waals surface area (Å²) in [6, 6.07) is 0.